The number of rotatable bonds is 2. The summed E-state index contributed by atoms with van der Waals surface area (Å²) in [5.41, 5.74) is 2.45. The quantitative estimate of drug-likeness (QED) is 0.744. The minimum atomic E-state index is -0.154. The molecule has 0 aliphatic rings. The maximum absolute atomic E-state index is 12.2. The first-order valence-corrected chi connectivity index (χ1v) is 7.31. The van der Waals surface area contributed by atoms with Crippen LogP contribution in [-0.2, 0) is 0 Å². The van der Waals surface area contributed by atoms with Crippen molar-refractivity contribution in [2.45, 2.75) is 6.92 Å². The third-order valence-electron chi connectivity index (χ3n) is 2.73. The molecule has 3 rings (SSSR count). The highest BCUT2D eigenvalue weighted by Crippen LogP contribution is 2.24. The van der Waals surface area contributed by atoms with E-state index >= 15 is 0 Å². The zero-order valence-corrected chi connectivity index (χ0v) is 12.4. The third-order valence-corrected chi connectivity index (χ3v) is 4.10. The molecule has 2 N–H and O–H groups in total. The summed E-state index contributed by atoms with van der Waals surface area (Å²) in [5.74, 6) is -0.154. The molecular weight excluding hydrogens is 326 g/mol. The molecule has 0 unspecified atom stereocenters. The zero-order chi connectivity index (χ0) is 13.4. The van der Waals surface area contributed by atoms with E-state index in [9.17, 15) is 4.79 Å². The maximum atomic E-state index is 12.2. The molecule has 0 radical (unpaired) electrons. The Morgan fingerprint density at radius 3 is 3.05 bits per heavy atom. The average molecular weight is 336 g/mol. The van der Waals surface area contributed by atoms with Crippen LogP contribution >= 0.6 is 27.3 Å². The minimum Gasteiger partial charge on any atom is -0.360 e. The predicted molar refractivity (Wildman–Crippen MR) is 80.8 cm³/mol. The topological polar surface area (TPSA) is 57.8 Å². The SMILES string of the molecule is Cc1csc(NC(=O)c2c[nH]c3ccc(Br)cc23)n1. The molecular formula is C13H10BrN3OS. The number of carbonyl (C=O) groups is 1. The van der Waals surface area contributed by atoms with Crippen molar-refractivity contribution in [1.29, 1.82) is 0 Å². The van der Waals surface area contributed by atoms with E-state index in [1.54, 1.807) is 6.20 Å². The highest BCUT2D eigenvalue weighted by molar-refractivity contribution is 9.10. The molecule has 0 aliphatic carbocycles. The number of nitrogens with zero attached hydrogens (tertiary/aromatic N) is 1. The number of fused-ring (bicyclic) bond motifs is 1. The first-order valence-electron chi connectivity index (χ1n) is 5.63. The van der Waals surface area contributed by atoms with Crippen LogP contribution in [0.2, 0.25) is 0 Å². The van der Waals surface area contributed by atoms with Crippen LogP contribution in [0.15, 0.2) is 34.2 Å². The molecule has 2 aromatic heterocycles. The molecule has 2 heterocycles. The summed E-state index contributed by atoms with van der Waals surface area (Å²) in [6, 6.07) is 5.79. The van der Waals surface area contributed by atoms with Crippen molar-refractivity contribution in [2.75, 3.05) is 5.32 Å². The summed E-state index contributed by atoms with van der Waals surface area (Å²) >= 11 is 4.84. The normalized spacial score (nSPS) is 10.8. The highest BCUT2D eigenvalue weighted by atomic mass is 79.9. The molecule has 0 fully saturated rings. The Kier molecular flexibility index (Phi) is 3.12. The molecule has 0 bridgehead atoms. The van der Waals surface area contributed by atoms with Gasteiger partial charge in [0.2, 0.25) is 0 Å². The van der Waals surface area contributed by atoms with E-state index in [1.807, 2.05) is 30.5 Å². The lowest BCUT2D eigenvalue weighted by Crippen LogP contribution is -2.11. The molecule has 0 atom stereocenters. The Morgan fingerprint density at radius 1 is 1.47 bits per heavy atom. The molecule has 96 valence electrons. The van der Waals surface area contributed by atoms with E-state index in [1.165, 1.54) is 11.3 Å². The van der Waals surface area contributed by atoms with Crippen LogP contribution in [0.25, 0.3) is 10.9 Å². The Balaban J connectivity index is 1.95. The Bertz CT molecular complexity index is 762. The van der Waals surface area contributed by atoms with Crippen molar-refractivity contribution in [1.82, 2.24) is 9.97 Å². The number of thiazole rings is 1. The smallest absolute Gasteiger partial charge is 0.259 e. The Hall–Kier alpha value is -1.66. The number of hydrogen-bond donors (Lipinski definition) is 2. The number of aryl methyl sites for hydroxylation is 1. The number of halogens is 1. The largest absolute Gasteiger partial charge is 0.360 e. The number of aromatic nitrogens is 2. The summed E-state index contributed by atoms with van der Waals surface area (Å²) in [5, 5.41) is 6.22. The van der Waals surface area contributed by atoms with Gasteiger partial charge in [-0.2, -0.15) is 0 Å². The average Bonchev–Trinajstić information content (AvgIpc) is 2.95. The lowest BCUT2D eigenvalue weighted by Gasteiger charge is -2.00. The van der Waals surface area contributed by atoms with Crippen molar-refractivity contribution in [3.05, 3.63) is 45.5 Å². The summed E-state index contributed by atoms with van der Waals surface area (Å²) < 4.78 is 0.943. The molecule has 0 spiro atoms. The van der Waals surface area contributed by atoms with Gasteiger partial charge >= 0.3 is 0 Å². The van der Waals surface area contributed by atoms with Gasteiger partial charge < -0.3 is 4.98 Å². The summed E-state index contributed by atoms with van der Waals surface area (Å²) in [4.78, 5) is 19.5. The van der Waals surface area contributed by atoms with Crippen molar-refractivity contribution in [3.63, 3.8) is 0 Å². The zero-order valence-electron chi connectivity index (χ0n) is 10.0. The number of H-pyrrole nitrogens is 1. The third kappa shape index (κ3) is 2.41. The van der Waals surface area contributed by atoms with E-state index in [4.69, 9.17) is 0 Å². The van der Waals surface area contributed by atoms with E-state index in [2.05, 4.69) is 31.2 Å². The molecule has 0 saturated heterocycles. The number of nitrogens with one attached hydrogen (secondary N) is 2. The van der Waals surface area contributed by atoms with Gasteiger partial charge in [-0.3, -0.25) is 10.1 Å². The van der Waals surface area contributed by atoms with Gasteiger partial charge in [0.1, 0.15) is 0 Å². The fourth-order valence-corrected chi connectivity index (χ4v) is 2.90. The van der Waals surface area contributed by atoms with E-state index < -0.39 is 0 Å². The van der Waals surface area contributed by atoms with E-state index in [0.717, 1.165) is 21.1 Å². The number of benzene rings is 1. The van der Waals surface area contributed by atoms with Crippen LogP contribution in [0.3, 0.4) is 0 Å². The van der Waals surface area contributed by atoms with E-state index in [0.29, 0.717) is 10.7 Å². The molecule has 19 heavy (non-hydrogen) atoms. The standard InChI is InChI=1S/C13H10BrN3OS/c1-7-6-19-13(16-7)17-12(18)10-5-15-11-3-2-8(14)4-9(10)11/h2-6,15H,1H3,(H,16,17,18). The van der Waals surface area contributed by atoms with Crippen molar-refractivity contribution >= 4 is 49.2 Å². The molecule has 3 aromatic rings. The molecule has 4 nitrogen and oxygen atoms in total. The Morgan fingerprint density at radius 2 is 2.32 bits per heavy atom. The number of aromatic amines is 1. The maximum Gasteiger partial charge on any atom is 0.259 e. The van der Waals surface area contributed by atoms with Gasteiger partial charge in [-0.15, -0.1) is 11.3 Å². The van der Waals surface area contributed by atoms with Crippen molar-refractivity contribution in [2.24, 2.45) is 0 Å². The van der Waals surface area contributed by atoms with Crippen LogP contribution in [0.1, 0.15) is 16.1 Å². The number of anilines is 1. The van der Waals surface area contributed by atoms with Crippen LogP contribution in [0, 0.1) is 6.92 Å². The molecule has 1 aromatic carbocycles. The van der Waals surface area contributed by atoms with E-state index in [-0.39, 0.29) is 5.91 Å². The van der Waals surface area contributed by atoms with Crippen LogP contribution in [0.5, 0.6) is 0 Å². The van der Waals surface area contributed by atoms with Gasteiger partial charge in [-0.05, 0) is 25.1 Å². The lowest BCUT2D eigenvalue weighted by atomic mass is 10.1. The number of carbonyl (C=O) groups excluding carboxylic acids is 1. The second kappa shape index (κ2) is 4.79. The number of amides is 1. The molecule has 6 heteroatoms. The first kappa shape index (κ1) is 12.4. The second-order valence-corrected chi connectivity index (χ2v) is 5.91. The number of hydrogen-bond acceptors (Lipinski definition) is 3. The molecule has 0 saturated carbocycles. The van der Waals surface area contributed by atoms with Crippen molar-refractivity contribution < 1.29 is 4.79 Å². The summed E-state index contributed by atoms with van der Waals surface area (Å²) in [6.07, 6.45) is 1.72. The van der Waals surface area contributed by atoms with Crippen LogP contribution in [-0.4, -0.2) is 15.9 Å². The van der Waals surface area contributed by atoms with Crippen LogP contribution < -0.4 is 5.32 Å². The monoisotopic (exact) mass is 335 g/mol. The van der Waals surface area contributed by atoms with Crippen LogP contribution in [0.4, 0.5) is 5.13 Å². The van der Waals surface area contributed by atoms with Gasteiger partial charge in [0.05, 0.1) is 11.3 Å². The summed E-state index contributed by atoms with van der Waals surface area (Å²) in [6.45, 7) is 1.90. The summed E-state index contributed by atoms with van der Waals surface area (Å²) in [7, 11) is 0. The fourth-order valence-electron chi connectivity index (χ4n) is 1.86. The van der Waals surface area contributed by atoms with Gasteiger partial charge in [0.15, 0.2) is 5.13 Å². The fraction of sp³-hybridized carbons (Fsp3) is 0.0769. The van der Waals surface area contributed by atoms with Crippen molar-refractivity contribution in [3.8, 4) is 0 Å². The highest BCUT2D eigenvalue weighted by Gasteiger charge is 2.13. The Labute approximate surface area is 122 Å². The predicted octanol–water partition coefficient (Wildman–Crippen LogP) is 3.95. The first-order chi connectivity index (χ1) is 9.13. The second-order valence-electron chi connectivity index (χ2n) is 4.14. The van der Waals surface area contributed by atoms with Gasteiger partial charge in [0, 0.05) is 27.0 Å². The lowest BCUT2D eigenvalue weighted by molar-refractivity contribution is 0.102. The molecule has 0 aliphatic heterocycles. The van der Waals surface area contributed by atoms with Gasteiger partial charge in [-0.1, -0.05) is 15.9 Å². The minimum absolute atomic E-state index is 0.154. The van der Waals surface area contributed by atoms with Gasteiger partial charge in [0.25, 0.3) is 5.91 Å². The molecule has 1 amide bonds. The van der Waals surface area contributed by atoms with Gasteiger partial charge in [-0.25, -0.2) is 4.98 Å².